The molecule has 5 heteroatoms. The predicted molar refractivity (Wildman–Crippen MR) is 42.2 cm³/mol. The summed E-state index contributed by atoms with van der Waals surface area (Å²) < 4.78 is 4.00. The van der Waals surface area contributed by atoms with E-state index in [9.17, 15) is 0 Å². The van der Waals surface area contributed by atoms with Gasteiger partial charge in [0.2, 0.25) is 5.13 Å². The Morgan fingerprint density at radius 3 is 3.00 bits per heavy atom. The molecule has 0 atom stereocenters. The van der Waals surface area contributed by atoms with Crippen LogP contribution in [0.2, 0.25) is 0 Å². The largest absolute Gasteiger partial charge is 0.359 e. The standard InChI is InChI=1S/C5H10N4S/c1-4-8-5(10-9-4)7-3-2-6/h2-3,6H2,1H3,(H,7,8,9). The van der Waals surface area contributed by atoms with Gasteiger partial charge in [-0.1, -0.05) is 0 Å². The van der Waals surface area contributed by atoms with Gasteiger partial charge in [0.1, 0.15) is 5.82 Å². The molecule has 0 aliphatic carbocycles. The number of rotatable bonds is 3. The van der Waals surface area contributed by atoms with Crippen molar-refractivity contribution in [1.29, 1.82) is 0 Å². The highest BCUT2D eigenvalue weighted by atomic mass is 32.1. The van der Waals surface area contributed by atoms with E-state index in [1.807, 2.05) is 6.92 Å². The van der Waals surface area contributed by atoms with Crippen LogP contribution < -0.4 is 11.1 Å². The Labute approximate surface area is 63.6 Å². The molecule has 10 heavy (non-hydrogen) atoms. The lowest BCUT2D eigenvalue weighted by Gasteiger charge is -1.95. The molecule has 0 saturated heterocycles. The summed E-state index contributed by atoms with van der Waals surface area (Å²) in [4.78, 5) is 4.09. The summed E-state index contributed by atoms with van der Waals surface area (Å²) in [6.07, 6.45) is 0. The minimum atomic E-state index is 0.624. The summed E-state index contributed by atoms with van der Waals surface area (Å²) in [7, 11) is 0. The zero-order valence-corrected chi connectivity index (χ0v) is 6.61. The average Bonchev–Trinajstić information content (AvgIpc) is 2.31. The molecule has 0 bridgehead atoms. The van der Waals surface area contributed by atoms with E-state index in [4.69, 9.17) is 5.73 Å². The third-order valence-corrected chi connectivity index (χ3v) is 1.71. The van der Waals surface area contributed by atoms with Gasteiger partial charge in [0.05, 0.1) is 0 Å². The van der Waals surface area contributed by atoms with Crippen molar-refractivity contribution in [3.05, 3.63) is 5.82 Å². The van der Waals surface area contributed by atoms with E-state index in [2.05, 4.69) is 14.7 Å². The van der Waals surface area contributed by atoms with Crippen LogP contribution in [0.1, 0.15) is 5.82 Å². The van der Waals surface area contributed by atoms with Crippen molar-refractivity contribution in [2.45, 2.75) is 6.92 Å². The molecular weight excluding hydrogens is 148 g/mol. The number of aryl methyl sites for hydroxylation is 1. The lowest BCUT2D eigenvalue weighted by Crippen LogP contribution is -2.12. The first-order valence-electron chi connectivity index (χ1n) is 3.07. The molecule has 1 aromatic heterocycles. The molecule has 0 spiro atoms. The van der Waals surface area contributed by atoms with Gasteiger partial charge in [0.15, 0.2) is 0 Å². The zero-order chi connectivity index (χ0) is 7.40. The maximum Gasteiger partial charge on any atom is 0.202 e. The summed E-state index contributed by atoms with van der Waals surface area (Å²) in [6.45, 7) is 3.25. The first kappa shape index (κ1) is 7.43. The number of nitrogens with one attached hydrogen (secondary N) is 1. The SMILES string of the molecule is Cc1nsc(NCCN)n1. The highest BCUT2D eigenvalue weighted by Crippen LogP contribution is 2.08. The average molecular weight is 158 g/mol. The lowest BCUT2D eigenvalue weighted by molar-refractivity contribution is 1.01. The van der Waals surface area contributed by atoms with E-state index in [0.717, 1.165) is 17.5 Å². The van der Waals surface area contributed by atoms with Gasteiger partial charge < -0.3 is 11.1 Å². The van der Waals surface area contributed by atoms with Crippen LogP contribution in [0.4, 0.5) is 5.13 Å². The molecule has 0 aliphatic heterocycles. The van der Waals surface area contributed by atoms with Crippen LogP contribution in [0.25, 0.3) is 0 Å². The molecule has 0 aliphatic rings. The van der Waals surface area contributed by atoms with Crippen molar-refractivity contribution in [2.24, 2.45) is 5.73 Å². The first-order chi connectivity index (χ1) is 4.83. The van der Waals surface area contributed by atoms with Crippen molar-refractivity contribution in [3.63, 3.8) is 0 Å². The molecule has 0 amide bonds. The normalized spacial score (nSPS) is 9.80. The van der Waals surface area contributed by atoms with Crippen molar-refractivity contribution in [1.82, 2.24) is 9.36 Å². The van der Waals surface area contributed by atoms with Gasteiger partial charge in [-0.3, -0.25) is 0 Å². The summed E-state index contributed by atoms with van der Waals surface area (Å²) in [5.41, 5.74) is 5.28. The maximum atomic E-state index is 5.28. The number of hydrogen-bond acceptors (Lipinski definition) is 5. The van der Waals surface area contributed by atoms with E-state index in [0.29, 0.717) is 6.54 Å². The fraction of sp³-hybridized carbons (Fsp3) is 0.600. The molecule has 1 heterocycles. The Bertz CT molecular complexity index is 197. The zero-order valence-electron chi connectivity index (χ0n) is 5.79. The van der Waals surface area contributed by atoms with Gasteiger partial charge in [0.25, 0.3) is 0 Å². The first-order valence-corrected chi connectivity index (χ1v) is 3.84. The number of aromatic nitrogens is 2. The number of anilines is 1. The van der Waals surface area contributed by atoms with Crippen molar-refractivity contribution >= 4 is 16.7 Å². The number of nitrogens with two attached hydrogens (primary N) is 1. The van der Waals surface area contributed by atoms with Crippen LogP contribution in [0.3, 0.4) is 0 Å². The molecule has 1 aromatic rings. The second kappa shape index (κ2) is 3.48. The Morgan fingerprint density at radius 2 is 2.50 bits per heavy atom. The molecule has 3 N–H and O–H groups in total. The van der Waals surface area contributed by atoms with E-state index in [-0.39, 0.29) is 0 Å². The molecule has 4 nitrogen and oxygen atoms in total. The van der Waals surface area contributed by atoms with Gasteiger partial charge in [-0.15, -0.1) is 0 Å². The molecule has 0 radical (unpaired) electrons. The van der Waals surface area contributed by atoms with Crippen LogP contribution in [0, 0.1) is 6.92 Å². The third kappa shape index (κ3) is 1.93. The van der Waals surface area contributed by atoms with Gasteiger partial charge in [0, 0.05) is 24.6 Å². The summed E-state index contributed by atoms with van der Waals surface area (Å²) in [6, 6.07) is 0. The van der Waals surface area contributed by atoms with Crippen LogP contribution in [0.15, 0.2) is 0 Å². The highest BCUT2D eigenvalue weighted by molar-refractivity contribution is 7.09. The van der Waals surface area contributed by atoms with E-state index in [1.54, 1.807) is 0 Å². The Balaban J connectivity index is 2.42. The minimum absolute atomic E-state index is 0.624. The Morgan fingerprint density at radius 1 is 1.70 bits per heavy atom. The molecular formula is C5H10N4S. The maximum absolute atomic E-state index is 5.28. The van der Waals surface area contributed by atoms with Crippen molar-refractivity contribution < 1.29 is 0 Å². The smallest absolute Gasteiger partial charge is 0.202 e. The molecule has 0 saturated carbocycles. The Hall–Kier alpha value is -0.680. The van der Waals surface area contributed by atoms with E-state index in [1.165, 1.54) is 11.5 Å². The summed E-state index contributed by atoms with van der Waals surface area (Å²) >= 11 is 1.36. The molecule has 1 rings (SSSR count). The van der Waals surface area contributed by atoms with Crippen molar-refractivity contribution in [3.8, 4) is 0 Å². The second-order valence-electron chi connectivity index (χ2n) is 1.86. The van der Waals surface area contributed by atoms with Crippen LogP contribution >= 0.6 is 11.5 Å². The minimum Gasteiger partial charge on any atom is -0.359 e. The third-order valence-electron chi connectivity index (χ3n) is 0.948. The summed E-state index contributed by atoms with van der Waals surface area (Å²) in [5.74, 6) is 0.810. The summed E-state index contributed by atoms with van der Waals surface area (Å²) in [5, 5.41) is 3.88. The predicted octanol–water partition coefficient (Wildman–Crippen LogP) is 0.217. The molecule has 0 aromatic carbocycles. The topological polar surface area (TPSA) is 63.8 Å². The molecule has 0 unspecified atom stereocenters. The van der Waals surface area contributed by atoms with Gasteiger partial charge in [-0.25, -0.2) is 4.98 Å². The Kier molecular flexibility index (Phi) is 2.58. The number of nitrogens with zero attached hydrogens (tertiary/aromatic N) is 2. The fourth-order valence-corrected chi connectivity index (χ4v) is 1.15. The monoisotopic (exact) mass is 158 g/mol. The van der Waals surface area contributed by atoms with Gasteiger partial charge >= 0.3 is 0 Å². The van der Waals surface area contributed by atoms with Crippen LogP contribution in [-0.4, -0.2) is 22.4 Å². The highest BCUT2D eigenvalue weighted by Gasteiger charge is 1.95. The molecule has 56 valence electrons. The molecule has 0 fully saturated rings. The second-order valence-corrected chi connectivity index (χ2v) is 2.61. The quantitative estimate of drug-likeness (QED) is 0.660. The lowest BCUT2D eigenvalue weighted by atomic mass is 10.6. The van der Waals surface area contributed by atoms with E-state index < -0.39 is 0 Å². The van der Waals surface area contributed by atoms with E-state index >= 15 is 0 Å². The van der Waals surface area contributed by atoms with Gasteiger partial charge in [-0.2, -0.15) is 4.37 Å². The van der Waals surface area contributed by atoms with Crippen LogP contribution in [0.5, 0.6) is 0 Å². The fourth-order valence-electron chi connectivity index (χ4n) is 0.548. The van der Waals surface area contributed by atoms with Crippen LogP contribution in [-0.2, 0) is 0 Å². The van der Waals surface area contributed by atoms with Gasteiger partial charge in [-0.05, 0) is 6.92 Å². The number of hydrogen-bond donors (Lipinski definition) is 2. The van der Waals surface area contributed by atoms with Crippen molar-refractivity contribution in [2.75, 3.05) is 18.4 Å².